The molecule has 0 bridgehead atoms. The van der Waals surface area contributed by atoms with Crippen molar-refractivity contribution in [2.24, 2.45) is 11.8 Å². The topological polar surface area (TPSA) is 79.6 Å². The molecule has 1 aliphatic rings. The molecule has 2 atom stereocenters. The molecule has 0 spiro atoms. The maximum Gasteiger partial charge on any atom is 0.336 e. The van der Waals surface area contributed by atoms with Crippen LogP contribution < -0.4 is 10.9 Å². The van der Waals surface area contributed by atoms with Crippen LogP contribution in [0.4, 0.5) is 0 Å². The highest BCUT2D eigenvalue weighted by atomic mass is 16.4. The Bertz CT molecular complexity index is 1250. The van der Waals surface area contributed by atoms with Crippen LogP contribution in [0.25, 0.3) is 22.1 Å². The van der Waals surface area contributed by atoms with Gasteiger partial charge in [0.15, 0.2) is 0 Å². The van der Waals surface area contributed by atoms with Gasteiger partial charge >= 0.3 is 5.63 Å². The van der Waals surface area contributed by atoms with Gasteiger partial charge in [0.1, 0.15) is 5.58 Å². The molecule has 1 aromatic heterocycles. The number of fused-ring (bicyclic) bond motifs is 1. The van der Waals surface area contributed by atoms with Crippen molar-refractivity contribution in [3.63, 3.8) is 0 Å². The van der Waals surface area contributed by atoms with Crippen LogP contribution in [-0.2, 0) is 16.0 Å². The number of nitrogens with zero attached hydrogens (tertiary/aromatic N) is 1. The van der Waals surface area contributed by atoms with Gasteiger partial charge in [-0.05, 0) is 48.9 Å². The number of nitrogens with one attached hydrogen (secondary N) is 1. The monoisotopic (exact) mass is 446 g/mol. The van der Waals surface area contributed by atoms with Gasteiger partial charge in [-0.25, -0.2) is 4.79 Å². The van der Waals surface area contributed by atoms with Crippen molar-refractivity contribution in [3.05, 3.63) is 70.1 Å². The van der Waals surface area contributed by atoms with Crippen molar-refractivity contribution in [2.45, 2.75) is 33.1 Å². The molecule has 1 saturated heterocycles. The highest BCUT2D eigenvalue weighted by Gasteiger charge is 2.30. The molecule has 6 heteroatoms. The highest BCUT2D eigenvalue weighted by Crippen LogP contribution is 2.30. The van der Waals surface area contributed by atoms with Gasteiger partial charge in [0, 0.05) is 43.1 Å². The first-order chi connectivity index (χ1) is 15.9. The molecule has 6 nitrogen and oxygen atoms in total. The first-order valence-corrected chi connectivity index (χ1v) is 11.5. The van der Waals surface area contributed by atoms with Crippen LogP contribution in [0.1, 0.15) is 30.9 Å². The fraction of sp³-hybridized carbons (Fsp3) is 0.370. The van der Waals surface area contributed by atoms with Gasteiger partial charge < -0.3 is 14.6 Å². The number of piperidine rings is 1. The summed E-state index contributed by atoms with van der Waals surface area (Å²) in [5, 5.41) is 3.56. The molecule has 1 unspecified atom stereocenters. The molecular formula is C27H30N2O4. The summed E-state index contributed by atoms with van der Waals surface area (Å²) in [7, 11) is 1.63. The summed E-state index contributed by atoms with van der Waals surface area (Å²) in [6, 6.07) is 15.3. The van der Waals surface area contributed by atoms with Crippen LogP contribution >= 0.6 is 0 Å². The van der Waals surface area contributed by atoms with Crippen LogP contribution in [0.5, 0.6) is 0 Å². The number of likely N-dealkylation sites (tertiary alicyclic amines) is 1. The number of rotatable bonds is 5. The second-order valence-electron chi connectivity index (χ2n) is 8.97. The summed E-state index contributed by atoms with van der Waals surface area (Å²) in [6.07, 6.45) is 2.18. The van der Waals surface area contributed by atoms with E-state index >= 15 is 0 Å². The van der Waals surface area contributed by atoms with Crippen molar-refractivity contribution in [1.29, 1.82) is 0 Å². The second kappa shape index (κ2) is 9.61. The number of amides is 2. The molecule has 172 valence electrons. The summed E-state index contributed by atoms with van der Waals surface area (Å²) < 4.78 is 5.52. The molecule has 2 aromatic carbocycles. The largest absolute Gasteiger partial charge is 0.423 e. The third-order valence-electron chi connectivity index (χ3n) is 6.56. The number of carbonyl (C=O) groups excluding carboxylic acids is 2. The van der Waals surface area contributed by atoms with E-state index in [1.54, 1.807) is 7.05 Å². The highest BCUT2D eigenvalue weighted by molar-refractivity contribution is 5.94. The summed E-state index contributed by atoms with van der Waals surface area (Å²) >= 11 is 0. The van der Waals surface area contributed by atoms with E-state index < -0.39 is 5.63 Å². The van der Waals surface area contributed by atoms with Crippen molar-refractivity contribution in [1.82, 2.24) is 10.2 Å². The normalized spacial score (nSPS) is 17.1. The number of hydrogen-bond acceptors (Lipinski definition) is 4. The van der Waals surface area contributed by atoms with E-state index in [1.807, 2.05) is 61.2 Å². The molecule has 3 aromatic rings. The standard InChI is InChI=1S/C27H30N2O4/c1-17-7-4-5-9-21(17)23-15-25(30)33-24-14-19(10-11-22(23)24)13-18(2)27(32)29-12-6-8-20(16-29)26(31)28-3/h4-5,7,9-11,14-15,18,20H,6,8,12-13,16H2,1-3H3,(H,28,31)/t18?,20-/m0/s1. The maximum atomic E-state index is 13.1. The minimum absolute atomic E-state index is 0.00540. The first-order valence-electron chi connectivity index (χ1n) is 11.5. The Hall–Kier alpha value is -3.41. The lowest BCUT2D eigenvalue weighted by Crippen LogP contribution is -2.46. The van der Waals surface area contributed by atoms with Crippen LogP contribution in [0.3, 0.4) is 0 Å². The maximum absolute atomic E-state index is 13.1. The SMILES string of the molecule is CNC(=O)[C@H]1CCCN(C(=O)C(C)Cc2ccc3c(-c4ccccc4C)cc(=O)oc3c2)C1. The second-order valence-corrected chi connectivity index (χ2v) is 8.97. The third kappa shape index (κ3) is 4.85. The molecular weight excluding hydrogens is 416 g/mol. The van der Waals surface area contributed by atoms with Crippen molar-refractivity contribution >= 4 is 22.8 Å². The molecule has 1 aliphatic heterocycles. The van der Waals surface area contributed by atoms with Crippen LogP contribution in [0.2, 0.25) is 0 Å². The molecule has 1 N–H and O–H groups in total. The van der Waals surface area contributed by atoms with Crippen LogP contribution in [0, 0.1) is 18.8 Å². The quantitative estimate of drug-likeness (QED) is 0.602. The van der Waals surface area contributed by atoms with E-state index in [-0.39, 0.29) is 23.7 Å². The van der Waals surface area contributed by atoms with E-state index in [1.165, 1.54) is 6.07 Å². The summed E-state index contributed by atoms with van der Waals surface area (Å²) in [6.45, 7) is 5.08. The Morgan fingerprint density at radius 1 is 1.15 bits per heavy atom. The lowest BCUT2D eigenvalue weighted by Gasteiger charge is -2.33. The Labute approximate surface area is 193 Å². The summed E-state index contributed by atoms with van der Waals surface area (Å²) in [4.78, 5) is 39.2. The minimum atomic E-state index is -0.393. The van der Waals surface area contributed by atoms with Gasteiger partial charge in [0.05, 0.1) is 5.92 Å². The number of benzene rings is 2. The predicted octanol–water partition coefficient (Wildman–Crippen LogP) is 3.93. The van der Waals surface area contributed by atoms with E-state index in [2.05, 4.69) is 5.32 Å². The Balaban J connectivity index is 1.56. The first kappa shape index (κ1) is 22.8. The van der Waals surface area contributed by atoms with E-state index in [4.69, 9.17) is 4.42 Å². The Kier molecular flexibility index (Phi) is 6.63. The number of carbonyl (C=O) groups is 2. The van der Waals surface area contributed by atoms with Gasteiger partial charge in [-0.15, -0.1) is 0 Å². The van der Waals surface area contributed by atoms with Crippen molar-refractivity contribution in [2.75, 3.05) is 20.1 Å². The fourth-order valence-corrected chi connectivity index (χ4v) is 4.78. The third-order valence-corrected chi connectivity index (χ3v) is 6.56. The Morgan fingerprint density at radius 2 is 1.94 bits per heavy atom. The van der Waals surface area contributed by atoms with Gasteiger partial charge in [-0.3, -0.25) is 9.59 Å². The van der Waals surface area contributed by atoms with E-state index in [9.17, 15) is 14.4 Å². The van der Waals surface area contributed by atoms with Gasteiger partial charge in [-0.2, -0.15) is 0 Å². The van der Waals surface area contributed by atoms with E-state index in [0.717, 1.165) is 40.5 Å². The molecule has 4 rings (SSSR count). The zero-order chi connectivity index (χ0) is 23.5. The molecule has 2 heterocycles. The summed E-state index contributed by atoms with van der Waals surface area (Å²) in [5.74, 6) is -0.333. The van der Waals surface area contributed by atoms with Gasteiger partial charge in [0.25, 0.3) is 0 Å². The molecule has 0 aliphatic carbocycles. The van der Waals surface area contributed by atoms with Crippen LogP contribution in [0.15, 0.2) is 57.7 Å². The minimum Gasteiger partial charge on any atom is -0.423 e. The molecule has 1 fully saturated rings. The van der Waals surface area contributed by atoms with Crippen molar-refractivity contribution in [3.8, 4) is 11.1 Å². The smallest absolute Gasteiger partial charge is 0.336 e. The zero-order valence-electron chi connectivity index (χ0n) is 19.4. The molecule has 0 saturated carbocycles. The predicted molar refractivity (Wildman–Crippen MR) is 129 cm³/mol. The number of hydrogen-bond donors (Lipinski definition) is 1. The zero-order valence-corrected chi connectivity index (χ0v) is 19.4. The average Bonchev–Trinajstić information content (AvgIpc) is 2.82. The fourth-order valence-electron chi connectivity index (χ4n) is 4.78. The average molecular weight is 447 g/mol. The molecule has 0 radical (unpaired) electrons. The van der Waals surface area contributed by atoms with Gasteiger partial charge in [-0.1, -0.05) is 43.3 Å². The lowest BCUT2D eigenvalue weighted by molar-refractivity contribution is -0.138. The van der Waals surface area contributed by atoms with Crippen LogP contribution in [-0.4, -0.2) is 36.9 Å². The summed E-state index contributed by atoms with van der Waals surface area (Å²) in [5.41, 5.74) is 4.01. The van der Waals surface area contributed by atoms with Crippen molar-refractivity contribution < 1.29 is 14.0 Å². The molecule has 33 heavy (non-hydrogen) atoms. The van der Waals surface area contributed by atoms with E-state index in [0.29, 0.717) is 25.1 Å². The lowest BCUT2D eigenvalue weighted by atomic mass is 9.93. The number of aryl methyl sites for hydroxylation is 1. The molecule has 2 amide bonds. The Morgan fingerprint density at radius 3 is 2.70 bits per heavy atom. The van der Waals surface area contributed by atoms with Gasteiger partial charge in [0.2, 0.25) is 11.8 Å².